The highest BCUT2D eigenvalue weighted by Gasteiger charge is 2.25. The van der Waals surface area contributed by atoms with Crippen LogP contribution in [0.25, 0.3) is 10.9 Å². The summed E-state index contributed by atoms with van der Waals surface area (Å²) < 4.78 is 60.5. The summed E-state index contributed by atoms with van der Waals surface area (Å²) in [5.74, 6) is -1.16. The van der Waals surface area contributed by atoms with Gasteiger partial charge in [0, 0.05) is 34.3 Å². The second kappa shape index (κ2) is 12.1. The van der Waals surface area contributed by atoms with Crippen molar-refractivity contribution in [1.82, 2.24) is 13.8 Å². The Morgan fingerprint density at radius 2 is 1.84 bits per heavy atom. The first-order valence-corrected chi connectivity index (χ1v) is 16.8. The second-order valence-electron chi connectivity index (χ2n) is 10.6. The summed E-state index contributed by atoms with van der Waals surface area (Å²) in [4.78, 5) is 0.890. The molecular weight excluding hydrogens is 607 g/mol. The van der Waals surface area contributed by atoms with Gasteiger partial charge in [-0.25, -0.2) is 21.2 Å². The van der Waals surface area contributed by atoms with E-state index in [1.54, 1.807) is 47.5 Å². The maximum Gasteiger partial charge on any atom is 0.268 e. The fourth-order valence-corrected chi connectivity index (χ4v) is 7.61. The largest absolute Gasteiger partial charge is 0.293 e. The number of aromatic nitrogens is 3. The van der Waals surface area contributed by atoms with Gasteiger partial charge in [0.05, 0.1) is 33.1 Å². The van der Waals surface area contributed by atoms with Crippen LogP contribution in [0.15, 0.2) is 107 Å². The molecule has 6 nitrogen and oxygen atoms in total. The lowest BCUT2D eigenvalue weighted by atomic mass is 9.84. The van der Waals surface area contributed by atoms with Crippen molar-refractivity contribution in [2.24, 2.45) is 0 Å². The van der Waals surface area contributed by atoms with E-state index in [1.807, 2.05) is 12.3 Å². The zero-order valence-electron chi connectivity index (χ0n) is 23.8. The van der Waals surface area contributed by atoms with Gasteiger partial charge >= 0.3 is 0 Å². The van der Waals surface area contributed by atoms with E-state index in [4.69, 9.17) is 5.41 Å². The fraction of sp³-hybridized carbons (Fsp3) is 0.188. The van der Waals surface area contributed by atoms with Gasteiger partial charge in [-0.2, -0.15) is 5.10 Å². The first-order chi connectivity index (χ1) is 20.5. The van der Waals surface area contributed by atoms with Crippen LogP contribution < -0.4 is 0 Å². The molecule has 0 spiro atoms. The van der Waals surface area contributed by atoms with Crippen LogP contribution in [0.4, 0.5) is 8.78 Å². The Bertz CT molecular complexity index is 1950. The zero-order valence-corrected chi connectivity index (χ0v) is 26.3. The third kappa shape index (κ3) is 6.07. The number of hydrogen-bond acceptors (Lipinski definition) is 6. The van der Waals surface area contributed by atoms with Crippen LogP contribution in [0, 0.1) is 17.0 Å². The number of rotatable bonds is 10. The molecule has 5 rings (SSSR count). The highest BCUT2D eigenvalue weighted by Crippen LogP contribution is 2.39. The quantitative estimate of drug-likeness (QED) is 0.0952. The molecule has 0 aliphatic heterocycles. The Balaban J connectivity index is 1.67. The summed E-state index contributed by atoms with van der Waals surface area (Å²) in [6.45, 7) is 8.19. The molecule has 2 aromatic heterocycles. The number of thioether (sulfide) groups is 1. The zero-order chi connectivity index (χ0) is 30.9. The van der Waals surface area contributed by atoms with Gasteiger partial charge in [-0.15, -0.1) is 18.3 Å². The van der Waals surface area contributed by atoms with Crippen LogP contribution in [0.2, 0.25) is 0 Å². The van der Waals surface area contributed by atoms with E-state index in [1.165, 1.54) is 36.5 Å². The predicted molar refractivity (Wildman–Crippen MR) is 171 cm³/mol. The molecule has 0 aliphatic rings. The Hall–Kier alpha value is -3.67. The maximum atomic E-state index is 16.1. The highest BCUT2D eigenvalue weighted by atomic mass is 32.2. The molecule has 0 atom stereocenters. The summed E-state index contributed by atoms with van der Waals surface area (Å²) in [6, 6.07) is 15.2. The fourth-order valence-electron chi connectivity index (χ4n) is 4.87. The summed E-state index contributed by atoms with van der Waals surface area (Å²) >= 11 is 2.21. The van der Waals surface area contributed by atoms with Gasteiger partial charge < -0.3 is 0 Å². The lowest BCUT2D eigenvalue weighted by Crippen LogP contribution is -2.15. The standard InChI is InChI=1S/C32H30F2N4O2S3/c1-5-14-32(2,3)21-18-36-37(19-21)20-26-24-13-15-38(43(39,40)23-9-7-6-8-10-23)29(24)17-28(34)30(26)42-22-11-12-27(33)25(16-22)31(35)41-4/h5-13,15-19,35H,1,14,20H2,2-4H3. The molecule has 1 N–H and O–H groups in total. The molecule has 5 aromatic rings. The number of allylic oxidation sites excluding steroid dienone is 1. The van der Waals surface area contributed by atoms with Crippen molar-refractivity contribution in [2.45, 2.75) is 46.9 Å². The number of fused-ring (bicyclic) bond motifs is 1. The van der Waals surface area contributed by atoms with Gasteiger partial charge in [0.15, 0.2) is 0 Å². The minimum absolute atomic E-state index is 0.0606. The topological polar surface area (TPSA) is 80.7 Å². The Morgan fingerprint density at radius 1 is 1.09 bits per heavy atom. The van der Waals surface area contributed by atoms with Crippen molar-refractivity contribution in [3.8, 4) is 0 Å². The molecule has 11 heteroatoms. The smallest absolute Gasteiger partial charge is 0.268 e. The van der Waals surface area contributed by atoms with Crippen LogP contribution in [0.1, 0.15) is 37.0 Å². The first kappa shape index (κ1) is 30.8. The van der Waals surface area contributed by atoms with Crippen LogP contribution >= 0.6 is 23.5 Å². The average Bonchev–Trinajstić information content (AvgIpc) is 3.64. The lowest BCUT2D eigenvalue weighted by Gasteiger charge is -2.20. The number of halogens is 2. The molecule has 2 heterocycles. The molecule has 0 bridgehead atoms. The second-order valence-corrected chi connectivity index (χ2v) is 14.3. The molecular formula is C32H30F2N4O2S3. The average molecular weight is 637 g/mol. The number of nitrogens with one attached hydrogen (secondary N) is 1. The van der Waals surface area contributed by atoms with Crippen molar-refractivity contribution in [1.29, 1.82) is 5.41 Å². The number of hydrogen-bond donors (Lipinski definition) is 1. The van der Waals surface area contributed by atoms with Crippen LogP contribution in [-0.4, -0.2) is 33.5 Å². The summed E-state index contributed by atoms with van der Waals surface area (Å²) in [7, 11) is -4.00. The third-order valence-corrected chi connectivity index (χ3v) is 10.7. The Morgan fingerprint density at radius 3 is 2.53 bits per heavy atom. The van der Waals surface area contributed by atoms with E-state index in [0.29, 0.717) is 15.8 Å². The van der Waals surface area contributed by atoms with Crippen molar-refractivity contribution >= 4 is 49.5 Å². The number of nitrogens with zero attached hydrogens (tertiary/aromatic N) is 3. The molecule has 0 fully saturated rings. The van der Waals surface area contributed by atoms with Crippen molar-refractivity contribution in [2.75, 3.05) is 6.26 Å². The summed E-state index contributed by atoms with van der Waals surface area (Å²) in [5, 5.41) is 13.3. The first-order valence-electron chi connectivity index (χ1n) is 13.3. The van der Waals surface area contributed by atoms with Gasteiger partial charge in [0.25, 0.3) is 10.0 Å². The molecule has 43 heavy (non-hydrogen) atoms. The Labute approximate surface area is 258 Å². The molecule has 0 saturated heterocycles. The van der Waals surface area contributed by atoms with Crippen LogP contribution in [0.3, 0.4) is 0 Å². The van der Waals surface area contributed by atoms with Crippen LogP contribution in [-0.2, 0) is 22.0 Å². The van der Waals surface area contributed by atoms with Gasteiger partial charge in [0.2, 0.25) is 0 Å². The maximum absolute atomic E-state index is 16.1. The van der Waals surface area contributed by atoms with Gasteiger partial charge in [0.1, 0.15) is 11.6 Å². The summed E-state index contributed by atoms with van der Waals surface area (Å²) in [6.07, 6.45) is 9.40. The normalized spacial score (nSPS) is 12.1. The molecule has 222 valence electrons. The lowest BCUT2D eigenvalue weighted by molar-refractivity contribution is 0.533. The van der Waals surface area contributed by atoms with Gasteiger partial charge in [-0.1, -0.05) is 49.9 Å². The van der Waals surface area contributed by atoms with E-state index >= 15 is 4.39 Å². The molecule has 0 aliphatic carbocycles. The van der Waals surface area contributed by atoms with E-state index in [2.05, 4.69) is 25.5 Å². The number of benzene rings is 3. The monoisotopic (exact) mass is 636 g/mol. The Kier molecular flexibility index (Phi) is 8.69. The van der Waals surface area contributed by atoms with Crippen molar-refractivity contribution < 1.29 is 17.2 Å². The minimum Gasteiger partial charge on any atom is -0.293 e. The molecule has 3 aromatic carbocycles. The molecule has 0 saturated carbocycles. The third-order valence-electron chi connectivity index (χ3n) is 7.27. The molecule has 0 amide bonds. The molecule has 0 unspecified atom stereocenters. The van der Waals surface area contributed by atoms with E-state index in [0.717, 1.165) is 39.5 Å². The van der Waals surface area contributed by atoms with Crippen molar-refractivity contribution in [3.05, 3.63) is 120 Å². The van der Waals surface area contributed by atoms with Gasteiger partial charge in [-0.3, -0.25) is 10.1 Å². The van der Waals surface area contributed by atoms with Crippen LogP contribution in [0.5, 0.6) is 0 Å². The predicted octanol–water partition coefficient (Wildman–Crippen LogP) is 8.09. The highest BCUT2D eigenvalue weighted by molar-refractivity contribution is 8.13. The van der Waals surface area contributed by atoms with E-state index in [-0.39, 0.29) is 37.9 Å². The van der Waals surface area contributed by atoms with E-state index < -0.39 is 21.7 Å². The minimum atomic E-state index is -4.00. The summed E-state index contributed by atoms with van der Waals surface area (Å²) in [5.41, 5.74) is 1.63. The van der Waals surface area contributed by atoms with Crippen molar-refractivity contribution in [3.63, 3.8) is 0 Å². The van der Waals surface area contributed by atoms with E-state index in [9.17, 15) is 12.8 Å². The SMILES string of the molecule is C=CCC(C)(C)c1cnn(Cc2c(Sc3ccc(F)c(C(=N)SC)c3)c(F)cc3c2ccn3S(=O)(=O)c2ccccc2)c1. The van der Waals surface area contributed by atoms with Gasteiger partial charge in [-0.05, 0) is 65.6 Å². The molecule has 0 radical (unpaired) electrons.